The van der Waals surface area contributed by atoms with Crippen LogP contribution in [0.5, 0.6) is 0 Å². The van der Waals surface area contributed by atoms with Gasteiger partial charge in [-0.05, 0) is 99.1 Å². The first-order valence-corrected chi connectivity index (χ1v) is 11.6. The van der Waals surface area contributed by atoms with Gasteiger partial charge in [-0.3, -0.25) is 4.79 Å². The maximum Gasteiger partial charge on any atom is 0.220 e. The summed E-state index contributed by atoms with van der Waals surface area (Å²) in [5, 5.41) is 3.65. The summed E-state index contributed by atoms with van der Waals surface area (Å²) in [7, 11) is 2.10. The molecule has 1 amide bonds. The van der Waals surface area contributed by atoms with E-state index in [1.54, 1.807) is 12.1 Å². The van der Waals surface area contributed by atoms with Crippen molar-refractivity contribution in [2.24, 2.45) is 5.92 Å². The van der Waals surface area contributed by atoms with Crippen molar-refractivity contribution in [1.82, 2.24) is 15.2 Å². The van der Waals surface area contributed by atoms with E-state index in [1.165, 1.54) is 18.2 Å². The zero-order valence-electron chi connectivity index (χ0n) is 18.6. The monoisotopic (exact) mass is 455 g/mol. The highest BCUT2D eigenvalue weighted by atomic mass is 19.1. The van der Waals surface area contributed by atoms with Crippen LogP contribution in [-0.2, 0) is 4.79 Å². The number of fused-ring (bicyclic) bond motifs is 1. The largest absolute Gasteiger partial charge is 0.353 e. The predicted molar refractivity (Wildman–Crippen MR) is 122 cm³/mol. The van der Waals surface area contributed by atoms with Gasteiger partial charge >= 0.3 is 0 Å². The van der Waals surface area contributed by atoms with Crippen LogP contribution >= 0.6 is 0 Å². The molecule has 0 atom stereocenters. The van der Waals surface area contributed by atoms with E-state index in [-0.39, 0.29) is 29.2 Å². The Morgan fingerprint density at radius 1 is 1.06 bits per heavy atom. The molecule has 2 fully saturated rings. The fraction of sp³-hybridized carbons (Fsp3) is 0.423. The molecule has 1 aliphatic carbocycles. The lowest BCUT2D eigenvalue weighted by molar-refractivity contribution is -0.123. The van der Waals surface area contributed by atoms with Crippen molar-refractivity contribution in [2.75, 3.05) is 20.1 Å². The van der Waals surface area contributed by atoms with Crippen LogP contribution < -0.4 is 5.32 Å². The van der Waals surface area contributed by atoms with Crippen molar-refractivity contribution < 1.29 is 18.0 Å². The van der Waals surface area contributed by atoms with Crippen LogP contribution in [0.1, 0.15) is 43.6 Å². The Labute approximate surface area is 191 Å². The Morgan fingerprint density at radius 3 is 2.45 bits per heavy atom. The first-order chi connectivity index (χ1) is 15.9. The second-order valence-electron chi connectivity index (χ2n) is 9.61. The molecule has 2 aromatic carbocycles. The van der Waals surface area contributed by atoms with Gasteiger partial charge in [-0.2, -0.15) is 0 Å². The average Bonchev–Trinajstić information content (AvgIpc) is 3.12. The number of hydrogen-bond acceptors (Lipinski definition) is 2. The van der Waals surface area contributed by atoms with E-state index in [9.17, 15) is 18.0 Å². The summed E-state index contributed by atoms with van der Waals surface area (Å²) >= 11 is 0. The summed E-state index contributed by atoms with van der Waals surface area (Å²) in [5.41, 5.74) is 2.48. The zero-order valence-corrected chi connectivity index (χ0v) is 18.6. The van der Waals surface area contributed by atoms with E-state index in [2.05, 4.69) is 22.2 Å². The number of nitrogens with zero attached hydrogens (tertiary/aromatic N) is 1. The first-order valence-electron chi connectivity index (χ1n) is 11.6. The fourth-order valence-electron chi connectivity index (χ4n) is 5.29. The number of rotatable bonds is 5. The third-order valence-electron chi connectivity index (χ3n) is 7.22. The Morgan fingerprint density at radius 2 is 1.76 bits per heavy atom. The van der Waals surface area contributed by atoms with Gasteiger partial charge in [-0.25, -0.2) is 13.2 Å². The standard InChI is InChI=1S/C26H28F3N3O/c1-32-8-6-15(7-9-32)10-23(33)30-20-11-17(12-20)24-21-13-19(28)14-22(29)26(21)31-25(24)16-2-4-18(27)5-3-16/h2-5,13-15,17,20,31H,6-12H2,1H3,(H,30,33)/t17-,20-. The maximum atomic E-state index is 14.5. The number of piperidine rings is 1. The molecule has 7 heteroatoms. The first kappa shape index (κ1) is 22.0. The number of benzene rings is 2. The molecule has 174 valence electrons. The summed E-state index contributed by atoms with van der Waals surface area (Å²) < 4.78 is 42.0. The second kappa shape index (κ2) is 8.86. The molecule has 2 N–H and O–H groups in total. The van der Waals surface area contributed by atoms with Gasteiger partial charge in [-0.15, -0.1) is 0 Å². The number of carbonyl (C=O) groups is 1. The van der Waals surface area contributed by atoms with Gasteiger partial charge in [0.1, 0.15) is 17.5 Å². The maximum absolute atomic E-state index is 14.5. The minimum Gasteiger partial charge on any atom is -0.353 e. The molecule has 2 heterocycles. The lowest BCUT2D eigenvalue weighted by Gasteiger charge is -2.37. The number of aromatic amines is 1. The third kappa shape index (κ3) is 4.51. The summed E-state index contributed by atoms with van der Waals surface area (Å²) in [6.07, 6.45) is 4.06. The van der Waals surface area contributed by atoms with Crippen LogP contribution in [0.25, 0.3) is 22.2 Å². The number of aromatic nitrogens is 1. The normalized spacial score (nSPS) is 21.8. The molecule has 0 radical (unpaired) electrons. The average molecular weight is 456 g/mol. The summed E-state index contributed by atoms with van der Waals surface area (Å²) in [6, 6.07) is 8.25. The van der Waals surface area contributed by atoms with Crippen LogP contribution in [0, 0.1) is 23.4 Å². The molecule has 0 spiro atoms. The van der Waals surface area contributed by atoms with Gasteiger partial charge in [0.05, 0.1) is 11.2 Å². The minimum absolute atomic E-state index is 0.0497. The summed E-state index contributed by atoms with van der Waals surface area (Å²) in [4.78, 5) is 17.9. The second-order valence-corrected chi connectivity index (χ2v) is 9.61. The van der Waals surface area contributed by atoms with E-state index in [4.69, 9.17) is 0 Å². The molecule has 0 unspecified atom stereocenters. The molecule has 1 aliphatic heterocycles. The van der Waals surface area contributed by atoms with Crippen LogP contribution in [0.2, 0.25) is 0 Å². The van der Waals surface area contributed by atoms with Gasteiger partial charge in [0.2, 0.25) is 5.91 Å². The van der Waals surface area contributed by atoms with Crippen LogP contribution in [0.15, 0.2) is 36.4 Å². The van der Waals surface area contributed by atoms with Gasteiger partial charge in [0, 0.05) is 23.9 Å². The molecule has 3 aromatic rings. The SMILES string of the molecule is CN1CCC(CC(=O)N[C@H]2C[C@H](c3c(-c4ccc(F)cc4)[nH]c4c(F)cc(F)cc43)C2)CC1. The lowest BCUT2D eigenvalue weighted by Crippen LogP contribution is -2.44. The Balaban J connectivity index is 1.33. The highest BCUT2D eigenvalue weighted by Crippen LogP contribution is 2.45. The number of amides is 1. The van der Waals surface area contributed by atoms with Crippen molar-refractivity contribution in [3.63, 3.8) is 0 Å². The van der Waals surface area contributed by atoms with E-state index < -0.39 is 11.6 Å². The van der Waals surface area contributed by atoms with E-state index in [1.807, 2.05) is 0 Å². The molecule has 1 saturated carbocycles. The van der Waals surface area contributed by atoms with E-state index in [0.29, 0.717) is 36.3 Å². The Bertz CT molecular complexity index is 1160. The number of carbonyl (C=O) groups excluding carboxylic acids is 1. The number of H-pyrrole nitrogens is 1. The van der Waals surface area contributed by atoms with Gasteiger partial charge in [0.25, 0.3) is 0 Å². The zero-order chi connectivity index (χ0) is 23.1. The van der Waals surface area contributed by atoms with Gasteiger partial charge in [-0.1, -0.05) is 0 Å². The van der Waals surface area contributed by atoms with Gasteiger partial charge < -0.3 is 15.2 Å². The van der Waals surface area contributed by atoms with Crippen molar-refractivity contribution >= 4 is 16.8 Å². The number of halogens is 3. The van der Waals surface area contributed by atoms with Crippen molar-refractivity contribution in [3.05, 3.63) is 59.4 Å². The van der Waals surface area contributed by atoms with E-state index >= 15 is 0 Å². The number of hydrogen-bond donors (Lipinski definition) is 2. The molecule has 1 aromatic heterocycles. The lowest BCUT2D eigenvalue weighted by atomic mass is 9.74. The third-order valence-corrected chi connectivity index (χ3v) is 7.22. The Hall–Kier alpha value is -2.80. The molecule has 1 saturated heterocycles. The molecule has 4 nitrogen and oxygen atoms in total. The molecular formula is C26H28F3N3O. The summed E-state index contributed by atoms with van der Waals surface area (Å²) in [6.45, 7) is 2.06. The smallest absolute Gasteiger partial charge is 0.220 e. The quantitative estimate of drug-likeness (QED) is 0.545. The van der Waals surface area contributed by atoms with Crippen LogP contribution in [-0.4, -0.2) is 42.0 Å². The topological polar surface area (TPSA) is 48.1 Å². The van der Waals surface area contributed by atoms with Crippen LogP contribution in [0.4, 0.5) is 13.2 Å². The summed E-state index contributed by atoms with van der Waals surface area (Å²) in [5.74, 6) is -1.07. The van der Waals surface area contributed by atoms with Crippen molar-refractivity contribution in [2.45, 2.75) is 44.1 Å². The molecule has 5 rings (SSSR count). The predicted octanol–water partition coefficient (Wildman–Crippen LogP) is 5.35. The van der Waals surface area contributed by atoms with Crippen LogP contribution in [0.3, 0.4) is 0 Å². The molecule has 2 aliphatic rings. The molecule has 33 heavy (non-hydrogen) atoms. The number of likely N-dealkylation sites (tertiary alicyclic amines) is 1. The molecular weight excluding hydrogens is 427 g/mol. The minimum atomic E-state index is -0.651. The Kier molecular flexibility index (Phi) is 5.91. The van der Waals surface area contributed by atoms with Crippen molar-refractivity contribution in [1.29, 1.82) is 0 Å². The van der Waals surface area contributed by atoms with Gasteiger partial charge in [0.15, 0.2) is 0 Å². The van der Waals surface area contributed by atoms with E-state index in [0.717, 1.165) is 43.1 Å². The molecule has 0 bridgehead atoms. The highest BCUT2D eigenvalue weighted by Gasteiger charge is 2.36. The fourth-order valence-corrected chi connectivity index (χ4v) is 5.29. The van der Waals surface area contributed by atoms with Crippen molar-refractivity contribution in [3.8, 4) is 11.3 Å². The number of nitrogens with one attached hydrogen (secondary N) is 2. The highest BCUT2D eigenvalue weighted by molar-refractivity contribution is 5.92.